The minimum Gasteiger partial charge on any atom is -0.508 e. The standard InChI is InChI=1S/C9H12N2O/c1-10-6-11(2)9-5-7(12)3-4-8(9)10/h3-5,12H,6H2,1-2H3. The van der Waals surface area contributed by atoms with Crippen LogP contribution in [0.2, 0.25) is 0 Å². The monoisotopic (exact) mass is 164 g/mol. The van der Waals surface area contributed by atoms with Gasteiger partial charge in [-0.3, -0.25) is 0 Å². The van der Waals surface area contributed by atoms with Gasteiger partial charge in [0.2, 0.25) is 0 Å². The molecule has 3 nitrogen and oxygen atoms in total. The highest BCUT2D eigenvalue weighted by molar-refractivity contribution is 5.76. The van der Waals surface area contributed by atoms with Gasteiger partial charge in [0.1, 0.15) is 5.75 Å². The highest BCUT2D eigenvalue weighted by Crippen LogP contribution is 2.36. The molecule has 1 aliphatic heterocycles. The summed E-state index contributed by atoms with van der Waals surface area (Å²) in [6.07, 6.45) is 0. The zero-order valence-electron chi connectivity index (χ0n) is 7.28. The molecule has 12 heavy (non-hydrogen) atoms. The second-order valence-corrected chi connectivity index (χ2v) is 3.21. The van der Waals surface area contributed by atoms with Crippen LogP contribution in [0.15, 0.2) is 18.2 Å². The van der Waals surface area contributed by atoms with Crippen LogP contribution in [-0.2, 0) is 0 Å². The molecule has 0 aromatic heterocycles. The van der Waals surface area contributed by atoms with Crippen molar-refractivity contribution in [1.29, 1.82) is 0 Å². The number of phenols is 1. The van der Waals surface area contributed by atoms with Crippen molar-refractivity contribution in [3.63, 3.8) is 0 Å². The Bertz CT molecular complexity index is 311. The van der Waals surface area contributed by atoms with Gasteiger partial charge in [-0.05, 0) is 12.1 Å². The number of benzene rings is 1. The molecule has 1 aromatic carbocycles. The van der Waals surface area contributed by atoms with Crippen molar-refractivity contribution in [1.82, 2.24) is 0 Å². The topological polar surface area (TPSA) is 26.7 Å². The quantitative estimate of drug-likeness (QED) is 0.625. The van der Waals surface area contributed by atoms with Crippen LogP contribution in [0, 0.1) is 0 Å². The summed E-state index contributed by atoms with van der Waals surface area (Å²) in [6, 6.07) is 5.45. The Morgan fingerprint density at radius 3 is 2.58 bits per heavy atom. The van der Waals surface area contributed by atoms with Gasteiger partial charge in [0.25, 0.3) is 0 Å². The van der Waals surface area contributed by atoms with Gasteiger partial charge in [-0.2, -0.15) is 0 Å². The molecule has 0 unspecified atom stereocenters. The van der Waals surface area contributed by atoms with Crippen molar-refractivity contribution in [2.75, 3.05) is 30.6 Å². The van der Waals surface area contributed by atoms with E-state index in [4.69, 9.17) is 0 Å². The molecule has 1 N–H and O–H groups in total. The summed E-state index contributed by atoms with van der Waals surface area (Å²) in [5.41, 5.74) is 2.27. The second kappa shape index (κ2) is 2.30. The minimum atomic E-state index is 0.330. The van der Waals surface area contributed by atoms with Gasteiger partial charge in [0.05, 0.1) is 18.0 Å². The maximum Gasteiger partial charge on any atom is 0.117 e. The predicted molar refractivity (Wildman–Crippen MR) is 49.8 cm³/mol. The molecule has 0 aliphatic carbocycles. The highest BCUT2D eigenvalue weighted by atomic mass is 16.3. The van der Waals surface area contributed by atoms with Gasteiger partial charge in [-0.25, -0.2) is 0 Å². The van der Waals surface area contributed by atoms with Crippen molar-refractivity contribution in [3.8, 4) is 5.75 Å². The molecule has 1 aliphatic rings. The van der Waals surface area contributed by atoms with Crippen molar-refractivity contribution in [2.24, 2.45) is 0 Å². The summed E-state index contributed by atoms with van der Waals surface area (Å²) in [4.78, 5) is 4.25. The first-order chi connectivity index (χ1) is 5.68. The summed E-state index contributed by atoms with van der Waals surface area (Å²) in [5.74, 6) is 0.330. The Morgan fingerprint density at radius 1 is 1.17 bits per heavy atom. The third-order valence-corrected chi connectivity index (χ3v) is 2.21. The zero-order chi connectivity index (χ0) is 8.72. The van der Waals surface area contributed by atoms with E-state index in [9.17, 15) is 5.11 Å². The van der Waals surface area contributed by atoms with E-state index in [1.165, 1.54) is 5.69 Å². The molecule has 1 heterocycles. The van der Waals surface area contributed by atoms with Crippen LogP contribution in [0.1, 0.15) is 0 Å². The Morgan fingerprint density at radius 2 is 1.83 bits per heavy atom. The fraction of sp³-hybridized carbons (Fsp3) is 0.333. The molecule has 0 bridgehead atoms. The summed E-state index contributed by atoms with van der Waals surface area (Å²) >= 11 is 0. The number of phenolic OH excluding ortho intramolecular Hbond substituents is 1. The Hall–Kier alpha value is -1.38. The molecule has 0 saturated heterocycles. The van der Waals surface area contributed by atoms with Gasteiger partial charge >= 0.3 is 0 Å². The maximum atomic E-state index is 9.26. The lowest BCUT2D eigenvalue weighted by molar-refractivity contribution is 0.475. The second-order valence-electron chi connectivity index (χ2n) is 3.21. The van der Waals surface area contributed by atoms with E-state index in [1.54, 1.807) is 12.1 Å². The van der Waals surface area contributed by atoms with Gasteiger partial charge in [-0.1, -0.05) is 0 Å². The van der Waals surface area contributed by atoms with E-state index in [2.05, 4.69) is 9.80 Å². The first-order valence-corrected chi connectivity index (χ1v) is 3.94. The molecule has 3 heteroatoms. The van der Waals surface area contributed by atoms with Crippen molar-refractivity contribution in [2.45, 2.75) is 0 Å². The smallest absolute Gasteiger partial charge is 0.117 e. The number of rotatable bonds is 0. The summed E-state index contributed by atoms with van der Waals surface area (Å²) < 4.78 is 0. The van der Waals surface area contributed by atoms with Gasteiger partial charge in [0, 0.05) is 20.2 Å². The lowest BCUT2D eigenvalue weighted by Gasteiger charge is -2.11. The van der Waals surface area contributed by atoms with Crippen molar-refractivity contribution in [3.05, 3.63) is 18.2 Å². The SMILES string of the molecule is CN1CN(C)c2cc(O)ccc21. The number of aromatic hydroxyl groups is 1. The Balaban J connectivity index is 2.53. The van der Waals surface area contributed by atoms with Crippen LogP contribution in [0.3, 0.4) is 0 Å². The van der Waals surface area contributed by atoms with Crippen LogP contribution in [-0.4, -0.2) is 25.9 Å². The average Bonchev–Trinajstić information content (AvgIpc) is 2.28. The van der Waals surface area contributed by atoms with Crippen LogP contribution < -0.4 is 9.80 Å². The molecule has 0 radical (unpaired) electrons. The van der Waals surface area contributed by atoms with Crippen LogP contribution in [0.4, 0.5) is 11.4 Å². The Kier molecular flexibility index (Phi) is 1.40. The molecule has 0 saturated carbocycles. The van der Waals surface area contributed by atoms with Gasteiger partial charge in [-0.15, -0.1) is 0 Å². The molecular weight excluding hydrogens is 152 g/mol. The third kappa shape index (κ3) is 0.897. The number of anilines is 2. The number of nitrogens with zero attached hydrogens (tertiary/aromatic N) is 2. The lowest BCUT2D eigenvalue weighted by atomic mass is 10.2. The molecular formula is C9H12N2O. The highest BCUT2D eigenvalue weighted by Gasteiger charge is 2.19. The molecule has 0 fully saturated rings. The number of fused-ring (bicyclic) bond motifs is 1. The lowest BCUT2D eigenvalue weighted by Crippen LogP contribution is -2.23. The van der Waals surface area contributed by atoms with E-state index < -0.39 is 0 Å². The number of hydrogen-bond acceptors (Lipinski definition) is 3. The van der Waals surface area contributed by atoms with E-state index in [0.29, 0.717) is 5.75 Å². The normalized spacial score (nSPS) is 15.2. The maximum absolute atomic E-state index is 9.26. The van der Waals surface area contributed by atoms with E-state index in [1.807, 2.05) is 20.2 Å². The predicted octanol–water partition coefficient (Wildman–Crippen LogP) is 1.24. The average molecular weight is 164 g/mol. The Labute approximate surface area is 71.8 Å². The summed E-state index contributed by atoms with van der Waals surface area (Å²) in [7, 11) is 4.06. The van der Waals surface area contributed by atoms with Crippen LogP contribution in [0.25, 0.3) is 0 Å². The molecule has 64 valence electrons. The fourth-order valence-corrected chi connectivity index (χ4v) is 1.61. The minimum absolute atomic E-state index is 0.330. The first-order valence-electron chi connectivity index (χ1n) is 3.94. The molecule has 0 spiro atoms. The molecule has 0 amide bonds. The molecule has 0 atom stereocenters. The van der Waals surface area contributed by atoms with Gasteiger partial charge in [0.15, 0.2) is 0 Å². The third-order valence-electron chi connectivity index (χ3n) is 2.21. The van der Waals surface area contributed by atoms with E-state index >= 15 is 0 Å². The van der Waals surface area contributed by atoms with E-state index in [0.717, 1.165) is 12.4 Å². The zero-order valence-corrected chi connectivity index (χ0v) is 7.28. The summed E-state index contributed by atoms with van der Waals surface area (Å²) in [6.45, 7) is 0.888. The first kappa shape index (κ1) is 7.28. The van der Waals surface area contributed by atoms with Crippen molar-refractivity contribution >= 4 is 11.4 Å². The van der Waals surface area contributed by atoms with E-state index in [-0.39, 0.29) is 0 Å². The summed E-state index contributed by atoms with van der Waals surface area (Å²) in [5, 5.41) is 9.26. The molecule has 1 aromatic rings. The van der Waals surface area contributed by atoms with Crippen LogP contribution >= 0.6 is 0 Å². The largest absolute Gasteiger partial charge is 0.508 e. The van der Waals surface area contributed by atoms with Gasteiger partial charge < -0.3 is 14.9 Å². The fourth-order valence-electron chi connectivity index (χ4n) is 1.61. The number of hydrogen-bond donors (Lipinski definition) is 1. The van der Waals surface area contributed by atoms with Crippen LogP contribution in [0.5, 0.6) is 5.75 Å². The van der Waals surface area contributed by atoms with Crippen molar-refractivity contribution < 1.29 is 5.11 Å². The molecule has 2 rings (SSSR count).